The summed E-state index contributed by atoms with van der Waals surface area (Å²) < 4.78 is 4.49. The number of carbonyl (C=O) groups is 1. The molecule has 0 radical (unpaired) electrons. The first-order valence-electron chi connectivity index (χ1n) is 6.32. The van der Waals surface area contributed by atoms with Crippen molar-refractivity contribution in [1.82, 2.24) is 20.4 Å². The maximum atomic E-state index is 12.0. The maximum absolute atomic E-state index is 12.0. The van der Waals surface area contributed by atoms with E-state index in [1.54, 1.807) is 16.2 Å². The van der Waals surface area contributed by atoms with Crippen molar-refractivity contribution in [3.8, 4) is 0 Å². The van der Waals surface area contributed by atoms with Gasteiger partial charge in [0.2, 0.25) is 0 Å². The van der Waals surface area contributed by atoms with Crippen LogP contribution in [0, 0.1) is 0 Å². The Morgan fingerprint density at radius 3 is 3.25 bits per heavy atom. The summed E-state index contributed by atoms with van der Waals surface area (Å²) in [5.41, 5.74) is 1.10. The highest BCUT2D eigenvalue weighted by Crippen LogP contribution is 2.23. The zero-order valence-electron chi connectivity index (χ0n) is 10.7. The van der Waals surface area contributed by atoms with Crippen molar-refractivity contribution in [3.63, 3.8) is 0 Å². The number of hydrogen-bond donors (Lipinski definition) is 2. The fraction of sp³-hybridized carbons (Fsp3) is 0.417. The maximum Gasteiger partial charge on any atom is 0.438 e. The third kappa shape index (κ3) is 2.74. The molecule has 7 nitrogen and oxygen atoms in total. The molecule has 1 aliphatic rings. The molecular formula is C12H14N4O3S. The first kappa shape index (κ1) is 12.9. The second kappa shape index (κ2) is 5.49. The summed E-state index contributed by atoms with van der Waals surface area (Å²) in [5.74, 6) is -0.00292. The van der Waals surface area contributed by atoms with E-state index < -0.39 is 5.76 Å². The standard InChI is InChI=1S/C12H14N4O3S/c17-11(13-5-8-2-4-20-7-8)16-3-1-9(6-16)10-14-12(18)19-15-10/h2,4,7,9H,1,3,5-6H2,(H,13,17)(H,14,15,18). The van der Waals surface area contributed by atoms with E-state index in [4.69, 9.17) is 0 Å². The van der Waals surface area contributed by atoms with Gasteiger partial charge in [-0.25, -0.2) is 9.59 Å². The van der Waals surface area contributed by atoms with Crippen molar-refractivity contribution in [1.29, 1.82) is 0 Å². The monoisotopic (exact) mass is 294 g/mol. The van der Waals surface area contributed by atoms with Crippen molar-refractivity contribution in [2.45, 2.75) is 18.9 Å². The topological polar surface area (TPSA) is 91.2 Å². The quantitative estimate of drug-likeness (QED) is 0.887. The normalized spacial score (nSPS) is 18.4. The van der Waals surface area contributed by atoms with E-state index >= 15 is 0 Å². The molecule has 2 aromatic rings. The number of H-pyrrole nitrogens is 1. The van der Waals surface area contributed by atoms with Crippen LogP contribution < -0.4 is 11.1 Å². The van der Waals surface area contributed by atoms with Gasteiger partial charge in [-0.3, -0.25) is 9.51 Å². The van der Waals surface area contributed by atoms with Gasteiger partial charge in [-0.2, -0.15) is 11.3 Å². The highest BCUT2D eigenvalue weighted by molar-refractivity contribution is 7.07. The van der Waals surface area contributed by atoms with Gasteiger partial charge in [-0.05, 0) is 28.8 Å². The fourth-order valence-electron chi connectivity index (χ4n) is 2.27. The molecule has 0 bridgehead atoms. The molecule has 1 atom stereocenters. The highest BCUT2D eigenvalue weighted by atomic mass is 32.1. The fourth-order valence-corrected chi connectivity index (χ4v) is 2.94. The average molecular weight is 294 g/mol. The van der Waals surface area contributed by atoms with Crippen LogP contribution >= 0.6 is 11.3 Å². The number of hydrogen-bond acceptors (Lipinski definition) is 5. The van der Waals surface area contributed by atoms with Crippen LogP contribution in [-0.2, 0) is 6.54 Å². The number of aromatic amines is 1. The Morgan fingerprint density at radius 1 is 1.65 bits per heavy atom. The molecule has 0 spiro atoms. The number of aromatic nitrogens is 2. The lowest BCUT2D eigenvalue weighted by atomic mass is 10.1. The number of carbonyl (C=O) groups excluding carboxylic acids is 1. The SMILES string of the molecule is O=C(NCc1ccsc1)N1CCC(c2noc(=O)[nH]2)C1. The molecule has 3 rings (SSSR count). The highest BCUT2D eigenvalue weighted by Gasteiger charge is 2.29. The van der Waals surface area contributed by atoms with E-state index in [2.05, 4.69) is 20.0 Å². The summed E-state index contributed by atoms with van der Waals surface area (Å²) in [6, 6.07) is 1.89. The number of thiophene rings is 1. The summed E-state index contributed by atoms with van der Waals surface area (Å²) in [6.07, 6.45) is 0.772. The van der Waals surface area contributed by atoms with Gasteiger partial charge >= 0.3 is 11.8 Å². The van der Waals surface area contributed by atoms with Gasteiger partial charge < -0.3 is 10.2 Å². The van der Waals surface area contributed by atoms with Crippen LogP contribution in [0.5, 0.6) is 0 Å². The Hall–Kier alpha value is -2.09. The second-order valence-electron chi connectivity index (χ2n) is 4.70. The second-order valence-corrected chi connectivity index (χ2v) is 5.48. The number of nitrogens with one attached hydrogen (secondary N) is 2. The van der Waals surface area contributed by atoms with E-state index in [0.29, 0.717) is 25.5 Å². The molecule has 1 unspecified atom stereocenters. The van der Waals surface area contributed by atoms with Crippen molar-refractivity contribution in [2.24, 2.45) is 0 Å². The first-order chi connectivity index (χ1) is 9.72. The van der Waals surface area contributed by atoms with Crippen molar-refractivity contribution in [2.75, 3.05) is 13.1 Å². The van der Waals surface area contributed by atoms with Crippen LogP contribution in [0.25, 0.3) is 0 Å². The van der Waals surface area contributed by atoms with E-state index in [-0.39, 0.29) is 11.9 Å². The van der Waals surface area contributed by atoms with Gasteiger partial charge in [-0.1, -0.05) is 5.16 Å². The lowest BCUT2D eigenvalue weighted by molar-refractivity contribution is 0.207. The molecule has 106 valence electrons. The Bertz CT molecular complexity index is 633. The molecule has 8 heteroatoms. The summed E-state index contributed by atoms with van der Waals surface area (Å²) in [6.45, 7) is 1.72. The Morgan fingerprint density at radius 2 is 2.55 bits per heavy atom. The van der Waals surface area contributed by atoms with Crippen LogP contribution in [0.3, 0.4) is 0 Å². The van der Waals surface area contributed by atoms with Crippen molar-refractivity contribution in [3.05, 3.63) is 38.8 Å². The van der Waals surface area contributed by atoms with Crippen LogP contribution in [0.4, 0.5) is 4.79 Å². The van der Waals surface area contributed by atoms with Crippen LogP contribution in [-0.4, -0.2) is 34.2 Å². The zero-order valence-corrected chi connectivity index (χ0v) is 11.5. The minimum atomic E-state index is -0.555. The van der Waals surface area contributed by atoms with Gasteiger partial charge in [0.05, 0.1) is 0 Å². The lowest BCUT2D eigenvalue weighted by Crippen LogP contribution is -2.37. The van der Waals surface area contributed by atoms with Gasteiger partial charge in [0.15, 0.2) is 5.82 Å². The van der Waals surface area contributed by atoms with Crippen LogP contribution in [0.15, 0.2) is 26.1 Å². The molecule has 20 heavy (non-hydrogen) atoms. The third-order valence-electron chi connectivity index (χ3n) is 3.34. The lowest BCUT2D eigenvalue weighted by Gasteiger charge is -2.16. The molecule has 0 aliphatic carbocycles. The van der Waals surface area contributed by atoms with Gasteiger partial charge in [-0.15, -0.1) is 0 Å². The molecule has 0 saturated carbocycles. The summed E-state index contributed by atoms with van der Waals surface area (Å²) in [7, 11) is 0. The molecule has 1 saturated heterocycles. The minimum absolute atomic E-state index is 0.0355. The number of nitrogens with zero attached hydrogens (tertiary/aromatic N) is 2. The van der Waals surface area contributed by atoms with Gasteiger partial charge in [0.1, 0.15) is 0 Å². The van der Waals surface area contributed by atoms with Gasteiger partial charge in [0.25, 0.3) is 0 Å². The number of likely N-dealkylation sites (tertiary alicyclic amines) is 1. The minimum Gasteiger partial charge on any atom is -0.334 e. The molecule has 1 fully saturated rings. The zero-order chi connectivity index (χ0) is 13.9. The van der Waals surface area contributed by atoms with E-state index in [1.807, 2.05) is 16.8 Å². The van der Waals surface area contributed by atoms with Crippen LogP contribution in [0.2, 0.25) is 0 Å². The molecule has 2 amide bonds. The van der Waals surface area contributed by atoms with E-state index in [1.165, 1.54) is 0 Å². The Labute approximate surface area is 118 Å². The Balaban J connectivity index is 1.54. The third-order valence-corrected chi connectivity index (χ3v) is 4.08. The predicted molar refractivity (Wildman–Crippen MR) is 72.6 cm³/mol. The predicted octanol–water partition coefficient (Wildman–Crippen LogP) is 1.12. The summed E-state index contributed by atoms with van der Waals surface area (Å²) >= 11 is 1.61. The summed E-state index contributed by atoms with van der Waals surface area (Å²) in [4.78, 5) is 27.2. The molecule has 2 N–H and O–H groups in total. The molecular weight excluding hydrogens is 280 g/mol. The van der Waals surface area contributed by atoms with E-state index in [0.717, 1.165) is 12.0 Å². The van der Waals surface area contributed by atoms with Crippen molar-refractivity contribution >= 4 is 17.4 Å². The molecule has 3 heterocycles. The van der Waals surface area contributed by atoms with Gasteiger partial charge in [0, 0.05) is 25.6 Å². The van der Waals surface area contributed by atoms with Crippen LogP contribution in [0.1, 0.15) is 23.7 Å². The average Bonchev–Trinajstić information content (AvgIpc) is 3.16. The first-order valence-corrected chi connectivity index (χ1v) is 7.26. The molecule has 2 aromatic heterocycles. The number of urea groups is 1. The number of amides is 2. The number of rotatable bonds is 3. The van der Waals surface area contributed by atoms with E-state index in [9.17, 15) is 9.59 Å². The smallest absolute Gasteiger partial charge is 0.334 e. The summed E-state index contributed by atoms with van der Waals surface area (Å²) in [5, 5.41) is 10.5. The largest absolute Gasteiger partial charge is 0.438 e. The Kier molecular flexibility index (Phi) is 3.55. The molecule has 1 aliphatic heterocycles. The molecule has 0 aromatic carbocycles. The van der Waals surface area contributed by atoms with Crippen molar-refractivity contribution < 1.29 is 9.32 Å².